The third-order valence-electron chi connectivity index (χ3n) is 9.49. The molecule has 4 aliphatic carbocycles. The minimum absolute atomic E-state index is 0.0322. The Kier molecular flexibility index (Phi) is 8.07. The minimum Gasteiger partial charge on any atom is -0.434 e. The van der Waals surface area contributed by atoms with Crippen LogP contribution in [0.2, 0.25) is 0 Å². The van der Waals surface area contributed by atoms with Crippen molar-refractivity contribution in [3.8, 4) is 0 Å². The zero-order valence-electron chi connectivity index (χ0n) is 22.8. The van der Waals surface area contributed by atoms with Crippen LogP contribution in [0.1, 0.15) is 72.6 Å². The van der Waals surface area contributed by atoms with E-state index in [2.05, 4.69) is 6.92 Å². The summed E-state index contributed by atoms with van der Waals surface area (Å²) in [4.78, 5) is 50.6. The van der Waals surface area contributed by atoms with Crippen LogP contribution >= 0.6 is 0 Å². The molecule has 3 saturated carbocycles. The molecular formula is C29H40O9. The molecule has 0 saturated heterocycles. The molecule has 1 N–H and O–H groups in total. The van der Waals surface area contributed by atoms with E-state index in [1.165, 1.54) is 0 Å². The van der Waals surface area contributed by atoms with Crippen LogP contribution in [-0.4, -0.2) is 60.5 Å². The van der Waals surface area contributed by atoms with Gasteiger partial charge in [-0.25, -0.2) is 9.59 Å². The second-order valence-corrected chi connectivity index (χ2v) is 11.6. The highest BCUT2D eigenvalue weighted by atomic mass is 16.7. The van der Waals surface area contributed by atoms with Crippen LogP contribution in [0.15, 0.2) is 23.8 Å². The van der Waals surface area contributed by atoms with Gasteiger partial charge < -0.3 is 24.1 Å². The van der Waals surface area contributed by atoms with E-state index < -0.39 is 47.2 Å². The molecular weight excluding hydrogens is 492 g/mol. The fourth-order valence-corrected chi connectivity index (χ4v) is 7.82. The molecule has 0 bridgehead atoms. The van der Waals surface area contributed by atoms with Gasteiger partial charge >= 0.3 is 12.3 Å². The molecule has 9 heteroatoms. The smallest absolute Gasteiger partial charge is 0.434 e. The summed E-state index contributed by atoms with van der Waals surface area (Å²) in [5, 5.41) is 11.7. The average molecular weight is 533 g/mol. The Balaban J connectivity index is 1.65. The summed E-state index contributed by atoms with van der Waals surface area (Å²) in [6, 6.07) is 0. The number of aliphatic hydroxyl groups excluding tert-OH is 1. The first kappa shape index (κ1) is 28.3. The van der Waals surface area contributed by atoms with Crippen molar-refractivity contribution in [3.05, 3.63) is 23.8 Å². The van der Waals surface area contributed by atoms with Gasteiger partial charge in [-0.1, -0.05) is 39.3 Å². The van der Waals surface area contributed by atoms with Gasteiger partial charge in [0.25, 0.3) is 0 Å². The summed E-state index contributed by atoms with van der Waals surface area (Å²) in [6.45, 7) is 7.39. The third kappa shape index (κ3) is 4.67. The van der Waals surface area contributed by atoms with Crippen molar-refractivity contribution < 1.29 is 43.2 Å². The number of aliphatic hydroxyl groups is 1. The van der Waals surface area contributed by atoms with Crippen LogP contribution in [0.5, 0.6) is 0 Å². The fourth-order valence-electron chi connectivity index (χ4n) is 7.82. The summed E-state index contributed by atoms with van der Waals surface area (Å²) >= 11 is 0. The first-order valence-corrected chi connectivity index (χ1v) is 13.8. The van der Waals surface area contributed by atoms with Gasteiger partial charge in [-0.15, -0.1) is 0 Å². The van der Waals surface area contributed by atoms with E-state index in [4.69, 9.17) is 18.9 Å². The highest BCUT2D eigenvalue weighted by molar-refractivity contribution is 6.01. The molecule has 0 aromatic carbocycles. The molecule has 4 rings (SSSR count). The van der Waals surface area contributed by atoms with Gasteiger partial charge in [-0.05, 0) is 68.9 Å². The van der Waals surface area contributed by atoms with Gasteiger partial charge in [0.05, 0.1) is 19.3 Å². The zero-order valence-corrected chi connectivity index (χ0v) is 22.8. The number of ether oxygens (including phenoxy) is 4. The van der Waals surface area contributed by atoms with E-state index in [1.54, 1.807) is 12.2 Å². The maximum Gasteiger partial charge on any atom is 0.509 e. The summed E-state index contributed by atoms with van der Waals surface area (Å²) in [7, 11) is 0. The highest BCUT2D eigenvalue weighted by Crippen LogP contribution is 2.68. The number of carbonyl (C=O) groups is 4. The number of rotatable bonds is 8. The van der Waals surface area contributed by atoms with E-state index >= 15 is 0 Å². The SMILES string of the molecule is CCCOC(=O)OCC(=O)[C@@]1(OC(=O)OCCC)CC[C@H]2[C@@H]3CCC4=CC(=O)C=C[C@]4(C)[C@H]3C(O)C[C@@]21C. The normalized spacial score (nSPS) is 37.3. The number of fused-ring (bicyclic) bond motifs is 5. The van der Waals surface area contributed by atoms with E-state index in [-0.39, 0.29) is 49.6 Å². The standard InChI is InChI=1S/C29H40O9/c1-5-13-35-25(33)37-17-23(32)29(38-26(34)36-14-6-2)12-10-21-20-8-7-18-15-19(30)9-11-27(18,3)24(20)22(31)16-28(21,29)4/h9,11,15,20-22,24,31H,5-8,10,12-14,16-17H2,1-4H3/t20-,21-,22?,24+,27-,28-,29-/m0/s1. The summed E-state index contributed by atoms with van der Waals surface area (Å²) < 4.78 is 21.1. The lowest BCUT2D eigenvalue weighted by Gasteiger charge is -2.59. The molecule has 0 aromatic rings. The van der Waals surface area contributed by atoms with Gasteiger partial charge in [-0.3, -0.25) is 9.59 Å². The maximum absolute atomic E-state index is 13.8. The van der Waals surface area contributed by atoms with Crippen LogP contribution in [0, 0.1) is 28.6 Å². The topological polar surface area (TPSA) is 125 Å². The van der Waals surface area contributed by atoms with Crippen LogP contribution in [0.25, 0.3) is 0 Å². The predicted octanol–water partition coefficient (Wildman–Crippen LogP) is 4.70. The van der Waals surface area contributed by atoms with Gasteiger partial charge in [0.15, 0.2) is 18.0 Å². The number of Topliss-reactive ketones (excluding diaryl/α,β-unsaturated/α-hetero) is 1. The third-order valence-corrected chi connectivity index (χ3v) is 9.49. The van der Waals surface area contributed by atoms with E-state index in [9.17, 15) is 24.3 Å². The van der Waals surface area contributed by atoms with Crippen LogP contribution in [-0.2, 0) is 28.5 Å². The molecule has 1 unspecified atom stereocenters. The molecule has 0 heterocycles. The molecule has 38 heavy (non-hydrogen) atoms. The summed E-state index contributed by atoms with van der Waals surface area (Å²) in [5.74, 6) is -0.698. The molecule has 9 nitrogen and oxygen atoms in total. The summed E-state index contributed by atoms with van der Waals surface area (Å²) in [5.41, 5.74) is -1.94. The van der Waals surface area contributed by atoms with Gasteiger partial charge in [0, 0.05) is 16.7 Å². The Morgan fingerprint density at radius 3 is 2.39 bits per heavy atom. The lowest BCUT2D eigenvalue weighted by atomic mass is 9.46. The molecule has 7 atom stereocenters. The number of allylic oxidation sites excluding steroid dienone is 4. The molecule has 4 aliphatic rings. The number of ketones is 2. The average Bonchev–Trinajstić information content (AvgIpc) is 3.17. The van der Waals surface area contributed by atoms with Crippen molar-refractivity contribution in [2.45, 2.75) is 84.3 Å². The second kappa shape index (κ2) is 10.8. The number of hydrogen-bond acceptors (Lipinski definition) is 9. The molecule has 0 spiro atoms. The van der Waals surface area contributed by atoms with Crippen molar-refractivity contribution in [1.29, 1.82) is 0 Å². The molecule has 3 fully saturated rings. The van der Waals surface area contributed by atoms with Crippen LogP contribution in [0.3, 0.4) is 0 Å². The van der Waals surface area contributed by atoms with Crippen molar-refractivity contribution in [3.63, 3.8) is 0 Å². The molecule has 210 valence electrons. The van der Waals surface area contributed by atoms with Crippen molar-refractivity contribution in [1.82, 2.24) is 0 Å². The first-order valence-electron chi connectivity index (χ1n) is 13.8. The van der Waals surface area contributed by atoms with Crippen LogP contribution in [0.4, 0.5) is 9.59 Å². The minimum atomic E-state index is -1.62. The molecule has 0 amide bonds. The Bertz CT molecular complexity index is 1030. The number of carbonyl (C=O) groups excluding carboxylic acids is 4. The molecule has 0 aromatic heterocycles. The van der Waals surface area contributed by atoms with E-state index in [1.807, 2.05) is 26.8 Å². The van der Waals surface area contributed by atoms with Crippen molar-refractivity contribution in [2.24, 2.45) is 28.6 Å². The highest BCUT2D eigenvalue weighted by Gasteiger charge is 2.70. The number of hydrogen-bond donors (Lipinski definition) is 1. The van der Waals surface area contributed by atoms with Crippen LogP contribution < -0.4 is 0 Å². The van der Waals surface area contributed by atoms with Gasteiger partial charge in [0.2, 0.25) is 5.78 Å². The maximum atomic E-state index is 13.8. The van der Waals surface area contributed by atoms with Gasteiger partial charge in [0.1, 0.15) is 0 Å². The zero-order chi connectivity index (χ0) is 27.7. The Labute approximate surface area is 223 Å². The Morgan fingerprint density at radius 1 is 1.03 bits per heavy atom. The molecule has 0 aliphatic heterocycles. The van der Waals surface area contributed by atoms with E-state index in [0.29, 0.717) is 19.3 Å². The quantitative estimate of drug-likeness (QED) is 0.443. The van der Waals surface area contributed by atoms with Crippen molar-refractivity contribution >= 4 is 23.9 Å². The van der Waals surface area contributed by atoms with Gasteiger partial charge in [-0.2, -0.15) is 0 Å². The monoisotopic (exact) mass is 532 g/mol. The van der Waals surface area contributed by atoms with E-state index in [0.717, 1.165) is 18.4 Å². The predicted molar refractivity (Wildman–Crippen MR) is 136 cm³/mol. The largest absolute Gasteiger partial charge is 0.509 e. The lowest BCUT2D eigenvalue weighted by Crippen LogP contribution is -2.63. The fraction of sp³-hybridized carbons (Fsp3) is 0.724. The first-order chi connectivity index (χ1) is 18.0. The lowest BCUT2D eigenvalue weighted by molar-refractivity contribution is -0.184. The Hall–Kier alpha value is -2.68. The molecule has 0 radical (unpaired) electrons. The summed E-state index contributed by atoms with van der Waals surface area (Å²) in [6.07, 6.45) is 6.25. The Morgan fingerprint density at radius 2 is 1.71 bits per heavy atom. The van der Waals surface area contributed by atoms with Crippen molar-refractivity contribution in [2.75, 3.05) is 19.8 Å². The second-order valence-electron chi connectivity index (χ2n) is 11.6.